The van der Waals surface area contributed by atoms with E-state index in [1.165, 1.54) is 30.7 Å². The second-order valence-electron chi connectivity index (χ2n) is 35.9. The molecule has 1 spiro atoms. The van der Waals surface area contributed by atoms with Gasteiger partial charge < -0.3 is 82.7 Å². The average Bonchev–Trinajstić information content (AvgIpc) is 1.70. The quantitative estimate of drug-likeness (QED) is 0.0310. The minimum absolute atomic E-state index is 0.0852. The minimum atomic E-state index is -0.289. The SMILES string of the molecule is CCc1ccc(Oc2nc3c(c(N4CC5CC5(CN)C4)n2)-c2cc(F)cc(NC)c2C3)cn1.CCc1ccc(Oc2nc3c(c(N4CC5C[C@@H](N)C5C4)n2)-c2cc(F)cc(NC)c2C3)cn1.CCc1ccc(Oc2nc3c(c(N4CCC5(CC5N)C4)n2)-c2cc(F)cc(NC)c2C3)cn1.CCc1ccc(Oc2nc3c(c(N4CC[C@H](N)C4)n2)-c2cc(F)cc(NC)c2C3)cn1. The number of rotatable bonds is 21. The van der Waals surface area contributed by atoms with E-state index in [4.69, 9.17) is 81.8 Å². The molecular weight excluding hydrogens is 1650 g/mol. The van der Waals surface area contributed by atoms with Gasteiger partial charge in [-0.15, -0.1) is 0 Å². The van der Waals surface area contributed by atoms with Crippen LogP contribution < -0.4 is 82.7 Å². The highest BCUT2D eigenvalue weighted by atomic mass is 19.1. The summed E-state index contributed by atoms with van der Waals surface area (Å²) in [6, 6.07) is 29.5. The molecule has 32 heteroatoms. The highest BCUT2D eigenvalue weighted by molar-refractivity contribution is 5.92. The molecule has 0 amide bonds. The molecular formula is C98H106F4N24O4. The van der Waals surface area contributed by atoms with Crippen LogP contribution in [0.5, 0.6) is 47.0 Å². The first-order valence-electron chi connectivity index (χ1n) is 45.3. The molecule has 6 unspecified atom stereocenters. The molecule has 130 heavy (non-hydrogen) atoms. The number of fused-ring (bicyclic) bond motifs is 14. The first kappa shape index (κ1) is 85.1. The summed E-state index contributed by atoms with van der Waals surface area (Å²) in [5, 5.41) is 12.5. The van der Waals surface area contributed by atoms with Crippen LogP contribution in [0.25, 0.3) is 44.5 Å². The van der Waals surface area contributed by atoms with E-state index in [0.717, 1.165) is 256 Å². The Bertz CT molecular complexity index is 5980. The molecule has 0 bridgehead atoms. The van der Waals surface area contributed by atoms with Crippen LogP contribution in [0.3, 0.4) is 0 Å². The van der Waals surface area contributed by atoms with Gasteiger partial charge in [0.1, 0.15) is 69.5 Å². The summed E-state index contributed by atoms with van der Waals surface area (Å²) >= 11 is 0. The van der Waals surface area contributed by atoms with Crippen molar-refractivity contribution in [3.05, 3.63) is 213 Å². The van der Waals surface area contributed by atoms with Crippen LogP contribution in [0.2, 0.25) is 0 Å². The van der Waals surface area contributed by atoms with E-state index in [1.54, 1.807) is 56.1 Å². The predicted octanol–water partition coefficient (Wildman–Crippen LogP) is 14.9. The van der Waals surface area contributed by atoms with Crippen LogP contribution in [0.4, 0.5) is 63.6 Å². The highest BCUT2D eigenvalue weighted by Gasteiger charge is 2.60. The number of halogens is 4. The van der Waals surface area contributed by atoms with Gasteiger partial charge in [-0.25, -0.2) is 17.6 Å². The topological polar surface area (TPSA) is 357 Å². The van der Waals surface area contributed by atoms with E-state index >= 15 is 0 Å². The van der Waals surface area contributed by atoms with Gasteiger partial charge in [0.05, 0.1) is 47.6 Å². The van der Waals surface area contributed by atoms with E-state index in [9.17, 15) is 17.6 Å². The van der Waals surface area contributed by atoms with E-state index in [0.29, 0.717) is 79.5 Å². The number of nitrogens with one attached hydrogen (secondary N) is 4. The molecule has 4 aromatic carbocycles. The summed E-state index contributed by atoms with van der Waals surface area (Å²) in [5.41, 5.74) is 46.7. The van der Waals surface area contributed by atoms with Gasteiger partial charge in [0.15, 0.2) is 0 Å². The van der Waals surface area contributed by atoms with Crippen molar-refractivity contribution in [2.45, 2.75) is 129 Å². The maximum absolute atomic E-state index is 14.5. The first-order chi connectivity index (χ1) is 63.1. The van der Waals surface area contributed by atoms with Crippen LogP contribution in [0.15, 0.2) is 122 Å². The lowest BCUT2D eigenvalue weighted by molar-refractivity contribution is 0.194. The smallest absolute Gasteiger partial charge is 0.324 e. The number of hydrogen-bond acceptors (Lipinski definition) is 28. The van der Waals surface area contributed by atoms with Gasteiger partial charge in [-0.05, 0) is 224 Å². The molecule has 670 valence electrons. The zero-order chi connectivity index (χ0) is 89.7. The van der Waals surface area contributed by atoms with E-state index in [2.05, 4.69) is 88.5 Å². The van der Waals surface area contributed by atoms with Crippen molar-refractivity contribution >= 4 is 46.0 Å². The molecule has 7 fully saturated rings. The predicted molar refractivity (Wildman–Crippen MR) is 494 cm³/mol. The molecule has 4 saturated heterocycles. The Labute approximate surface area is 751 Å². The van der Waals surface area contributed by atoms with Crippen LogP contribution in [0, 0.1) is 51.9 Å². The fourth-order valence-corrected chi connectivity index (χ4v) is 20.6. The summed E-state index contributed by atoms with van der Waals surface area (Å²) in [6.45, 7) is 15.6. The number of nitrogens with zero attached hydrogens (tertiary/aromatic N) is 16. The van der Waals surface area contributed by atoms with Gasteiger partial charge in [0.25, 0.3) is 0 Å². The van der Waals surface area contributed by atoms with Gasteiger partial charge in [0.2, 0.25) is 0 Å². The molecule has 8 aromatic heterocycles. The van der Waals surface area contributed by atoms with Gasteiger partial charge in [-0.3, -0.25) is 19.9 Å². The molecule has 3 saturated carbocycles. The Morgan fingerprint density at radius 3 is 1.07 bits per heavy atom. The zero-order valence-corrected chi connectivity index (χ0v) is 74.2. The lowest BCUT2D eigenvalue weighted by Crippen LogP contribution is -2.46. The summed E-state index contributed by atoms with van der Waals surface area (Å²) < 4.78 is 81.9. The van der Waals surface area contributed by atoms with Crippen molar-refractivity contribution in [3.63, 3.8) is 0 Å². The number of pyridine rings is 4. The fraction of sp³-hybridized carbons (Fsp3) is 0.388. The maximum atomic E-state index is 14.5. The summed E-state index contributed by atoms with van der Waals surface area (Å²) in [7, 11) is 7.23. The van der Waals surface area contributed by atoms with Crippen molar-refractivity contribution in [2.24, 2.45) is 51.5 Å². The zero-order valence-electron chi connectivity index (χ0n) is 74.2. The van der Waals surface area contributed by atoms with Gasteiger partial charge in [0, 0.05) is 203 Å². The number of benzene rings is 4. The second kappa shape index (κ2) is 34.4. The van der Waals surface area contributed by atoms with Crippen molar-refractivity contribution < 1.29 is 36.5 Å². The number of anilines is 8. The molecule has 8 atom stereocenters. The summed E-state index contributed by atoms with van der Waals surface area (Å²) in [5.74, 6) is 6.06. The van der Waals surface area contributed by atoms with Crippen LogP contribution in [-0.2, 0) is 51.4 Å². The van der Waals surface area contributed by atoms with E-state index in [-0.39, 0.29) is 76.3 Å². The highest BCUT2D eigenvalue weighted by Crippen LogP contribution is 2.60. The van der Waals surface area contributed by atoms with E-state index < -0.39 is 0 Å². The molecule has 7 aliphatic carbocycles. The average molecular weight is 1760 g/mol. The molecule has 23 rings (SSSR count). The number of piperidine rings is 1. The molecule has 12 heterocycles. The van der Waals surface area contributed by atoms with Crippen LogP contribution >= 0.6 is 0 Å². The number of nitrogens with two attached hydrogens (primary N) is 4. The Hall–Kier alpha value is -13.0. The third-order valence-electron chi connectivity index (χ3n) is 28.0. The maximum Gasteiger partial charge on any atom is 0.324 e. The molecule has 28 nitrogen and oxygen atoms in total. The summed E-state index contributed by atoms with van der Waals surface area (Å²) in [4.78, 5) is 64.8. The normalized spacial score (nSPS) is 21.0. The number of hydrogen-bond donors (Lipinski definition) is 8. The molecule has 0 radical (unpaired) electrons. The molecule has 12 N–H and O–H groups in total. The number of aryl methyl sites for hydroxylation is 4. The van der Waals surface area contributed by atoms with E-state index in [1.807, 2.05) is 69.7 Å². The number of aromatic nitrogens is 12. The monoisotopic (exact) mass is 1760 g/mol. The van der Waals surface area contributed by atoms with Crippen LogP contribution in [0.1, 0.15) is 128 Å². The van der Waals surface area contributed by atoms with Crippen molar-refractivity contribution in [2.75, 3.05) is 128 Å². The van der Waals surface area contributed by atoms with Crippen molar-refractivity contribution in [3.8, 4) is 91.5 Å². The van der Waals surface area contributed by atoms with Crippen molar-refractivity contribution in [1.29, 1.82) is 0 Å². The summed E-state index contributed by atoms with van der Waals surface area (Å²) in [6.07, 6.45) is 17.8. The lowest BCUT2D eigenvalue weighted by Gasteiger charge is -2.36. The van der Waals surface area contributed by atoms with Gasteiger partial charge >= 0.3 is 24.0 Å². The Morgan fingerprint density at radius 2 is 0.777 bits per heavy atom. The van der Waals surface area contributed by atoms with Gasteiger partial charge in [-0.2, -0.15) is 39.9 Å². The largest absolute Gasteiger partial charge is 0.423 e. The second-order valence-corrected chi connectivity index (χ2v) is 35.9. The Morgan fingerprint density at radius 1 is 0.415 bits per heavy atom. The fourth-order valence-electron chi connectivity index (χ4n) is 20.6. The minimum Gasteiger partial charge on any atom is -0.423 e. The Kier molecular flexibility index (Phi) is 22.5. The molecule has 12 aromatic rings. The third-order valence-corrected chi connectivity index (χ3v) is 28.0. The standard InChI is InChI=1S/3C25H27FN6O.C23H25FN6O/c1-3-16-4-5-17(10-29-16)33-24-30-21-8-18-19(6-15(26)7-20(18)28-2)22(21)23(31-24)32-11-14-9-25(14,12-27)13-32;1-3-15-4-5-16(10-29-15)33-25-30-22-9-17-18(7-14(26)8-21(17)28-2)23(22)24(31-25)32-11-13-6-20(27)19(13)12-32;1-3-15-4-5-16(12-29-15)33-24-30-20-10-17-18(8-14(26)9-19(17)28-2)22(20)23(31-24)32-7-6-25(13-32)11-21(25)27;1-3-15-4-5-16(11-27-15)31-23-28-20-10-17-18(8-13(24)9-19(17)26-2)21(20)22(29-23)30-7-6-14(25)12-30/h4-7,10,14,28H,3,8-9,11-13,27H2,1-2H3;4-5,7-8,10,13,19-20,28H,3,6,9,11-12,27H2,1-2H3;4-5,8-9,12,21,28H,3,6-7,10-11,13,27H2,1-2H3;4-5,8-9,11,14,26H,3,6-7,10,12,25H2,1-2H3/t;13?,19?,20-;;14-/m.1.0/s1. The lowest BCUT2D eigenvalue weighted by atomic mass is 9.72. The third kappa shape index (κ3) is 16.1. The van der Waals surface area contributed by atoms with Crippen molar-refractivity contribution in [1.82, 2.24) is 59.8 Å². The first-order valence-corrected chi connectivity index (χ1v) is 45.3. The van der Waals surface area contributed by atoms with Crippen LogP contribution in [-0.4, -0.2) is 165 Å². The number of ether oxygens (including phenoxy) is 4. The molecule has 4 aliphatic heterocycles. The molecule has 11 aliphatic rings. The Balaban J connectivity index is 0.000000108. The van der Waals surface area contributed by atoms with Gasteiger partial charge in [-0.1, -0.05) is 27.7 Å².